The van der Waals surface area contributed by atoms with Crippen LogP contribution in [0.1, 0.15) is 12.1 Å². The number of aromatic nitrogens is 1. The first-order valence-electron chi connectivity index (χ1n) is 6.66. The van der Waals surface area contributed by atoms with Crippen molar-refractivity contribution >= 4 is 9.84 Å². The molecule has 0 aliphatic carbocycles. The topological polar surface area (TPSA) is 65.4 Å². The molecule has 2 heterocycles. The van der Waals surface area contributed by atoms with Crippen LogP contribution in [0.25, 0.3) is 0 Å². The average molecular weight is 305 g/mol. The van der Waals surface area contributed by atoms with Crippen molar-refractivity contribution in [2.45, 2.75) is 29.2 Å². The molecular weight excluding hydrogens is 290 g/mol. The van der Waals surface area contributed by atoms with Crippen LogP contribution >= 0.6 is 0 Å². The lowest BCUT2D eigenvalue weighted by atomic mass is 10.3. The number of rotatable bonds is 3. The molecule has 0 spiro atoms. The maximum Gasteiger partial charge on any atom is 0.293 e. The first-order chi connectivity index (χ1) is 10.1. The number of hydrogen-bond acceptors (Lipinski definition) is 4. The van der Waals surface area contributed by atoms with Crippen LogP contribution in [0.3, 0.4) is 0 Å². The van der Waals surface area contributed by atoms with Crippen molar-refractivity contribution in [1.82, 2.24) is 4.57 Å². The summed E-state index contributed by atoms with van der Waals surface area (Å²) in [4.78, 5) is 12.5. The molecule has 1 aromatic carbocycles. The van der Waals surface area contributed by atoms with Crippen LogP contribution in [0.15, 0.2) is 51.0 Å². The standard InChI is InChI=1S/C15H15NO4S/c1-20-13-10-14(12-8-5-9-16(12)15(13)17)21(18,19)11-6-3-2-4-7-11/h2-4,6-7,10H,5,8-9H2,1H3. The average Bonchev–Trinajstić information content (AvgIpc) is 2.98. The van der Waals surface area contributed by atoms with E-state index in [9.17, 15) is 13.2 Å². The van der Waals surface area contributed by atoms with Gasteiger partial charge in [-0.05, 0) is 25.0 Å². The first kappa shape index (κ1) is 13.9. The predicted molar refractivity (Wildman–Crippen MR) is 77.5 cm³/mol. The Morgan fingerprint density at radius 1 is 1.19 bits per heavy atom. The predicted octanol–water partition coefficient (Wildman–Crippen LogP) is 1.64. The van der Waals surface area contributed by atoms with Crippen molar-refractivity contribution in [3.63, 3.8) is 0 Å². The number of methoxy groups -OCH3 is 1. The van der Waals surface area contributed by atoms with E-state index >= 15 is 0 Å². The highest BCUT2D eigenvalue weighted by Gasteiger charge is 2.28. The molecule has 5 nitrogen and oxygen atoms in total. The molecule has 0 radical (unpaired) electrons. The fourth-order valence-corrected chi connectivity index (χ4v) is 4.21. The van der Waals surface area contributed by atoms with Crippen molar-refractivity contribution in [2.24, 2.45) is 0 Å². The lowest BCUT2D eigenvalue weighted by Gasteiger charge is -2.13. The number of ether oxygens (including phenoxy) is 1. The molecule has 2 aromatic rings. The van der Waals surface area contributed by atoms with Crippen LogP contribution < -0.4 is 10.3 Å². The molecule has 110 valence electrons. The van der Waals surface area contributed by atoms with E-state index in [0.717, 1.165) is 6.42 Å². The summed E-state index contributed by atoms with van der Waals surface area (Å²) in [5, 5.41) is 0. The molecule has 0 N–H and O–H groups in total. The molecule has 0 saturated carbocycles. The summed E-state index contributed by atoms with van der Waals surface area (Å²) in [6.45, 7) is 0.530. The number of pyridine rings is 1. The molecule has 1 aromatic heterocycles. The minimum Gasteiger partial charge on any atom is -0.491 e. The molecular formula is C15H15NO4S. The van der Waals surface area contributed by atoms with E-state index < -0.39 is 9.84 Å². The Morgan fingerprint density at radius 2 is 1.90 bits per heavy atom. The molecule has 21 heavy (non-hydrogen) atoms. The highest BCUT2D eigenvalue weighted by atomic mass is 32.2. The Balaban J connectivity index is 2.29. The van der Waals surface area contributed by atoms with Gasteiger partial charge in [0, 0.05) is 18.3 Å². The molecule has 0 unspecified atom stereocenters. The third kappa shape index (κ3) is 2.15. The number of nitrogens with zero attached hydrogens (tertiary/aromatic N) is 1. The molecule has 0 fully saturated rings. The number of sulfone groups is 1. The Morgan fingerprint density at radius 3 is 2.57 bits per heavy atom. The fourth-order valence-electron chi connectivity index (χ4n) is 2.66. The molecule has 0 amide bonds. The minimum atomic E-state index is -3.65. The molecule has 0 saturated heterocycles. The van der Waals surface area contributed by atoms with Crippen LogP contribution in [-0.2, 0) is 22.8 Å². The van der Waals surface area contributed by atoms with Crippen LogP contribution in [-0.4, -0.2) is 20.1 Å². The van der Waals surface area contributed by atoms with Gasteiger partial charge in [-0.3, -0.25) is 4.79 Å². The smallest absolute Gasteiger partial charge is 0.293 e. The van der Waals surface area contributed by atoms with Gasteiger partial charge < -0.3 is 9.30 Å². The van der Waals surface area contributed by atoms with Crippen molar-refractivity contribution in [3.8, 4) is 5.75 Å². The van der Waals surface area contributed by atoms with Crippen LogP contribution in [0, 0.1) is 0 Å². The Kier molecular flexibility index (Phi) is 3.33. The second-order valence-corrected chi connectivity index (χ2v) is 6.82. The van der Waals surface area contributed by atoms with Gasteiger partial charge in [0.1, 0.15) is 0 Å². The van der Waals surface area contributed by atoms with Crippen molar-refractivity contribution in [3.05, 3.63) is 52.4 Å². The van der Waals surface area contributed by atoms with Crippen molar-refractivity contribution < 1.29 is 13.2 Å². The normalized spacial score (nSPS) is 14.0. The highest BCUT2D eigenvalue weighted by molar-refractivity contribution is 7.91. The first-order valence-corrected chi connectivity index (χ1v) is 8.15. The van der Waals surface area contributed by atoms with Crippen LogP contribution in [0.2, 0.25) is 0 Å². The van der Waals surface area contributed by atoms with Gasteiger partial charge >= 0.3 is 0 Å². The number of fused-ring (bicyclic) bond motifs is 1. The lowest BCUT2D eigenvalue weighted by molar-refractivity contribution is 0.401. The third-order valence-electron chi connectivity index (χ3n) is 3.69. The highest BCUT2D eigenvalue weighted by Crippen LogP contribution is 2.29. The molecule has 6 heteroatoms. The largest absolute Gasteiger partial charge is 0.491 e. The Bertz CT molecular complexity index is 838. The van der Waals surface area contributed by atoms with Gasteiger partial charge in [0.15, 0.2) is 5.75 Å². The van der Waals surface area contributed by atoms with E-state index in [1.807, 2.05) is 0 Å². The van der Waals surface area contributed by atoms with E-state index in [1.165, 1.54) is 17.7 Å². The zero-order valence-electron chi connectivity index (χ0n) is 11.6. The van der Waals surface area contributed by atoms with E-state index in [2.05, 4.69) is 0 Å². The summed E-state index contributed by atoms with van der Waals surface area (Å²) >= 11 is 0. The molecule has 1 aliphatic heterocycles. The third-order valence-corrected chi connectivity index (χ3v) is 5.51. The summed E-state index contributed by atoms with van der Waals surface area (Å²) in [5.74, 6) is 0.0650. The summed E-state index contributed by atoms with van der Waals surface area (Å²) in [7, 11) is -2.28. The van der Waals surface area contributed by atoms with Crippen molar-refractivity contribution in [1.29, 1.82) is 0 Å². The molecule has 3 rings (SSSR count). The monoisotopic (exact) mass is 305 g/mol. The quantitative estimate of drug-likeness (QED) is 0.864. The second-order valence-electron chi connectivity index (χ2n) is 4.90. The van der Waals surface area contributed by atoms with Crippen LogP contribution in [0.4, 0.5) is 0 Å². The van der Waals surface area contributed by atoms with Gasteiger partial charge in [0.2, 0.25) is 9.84 Å². The van der Waals surface area contributed by atoms with Gasteiger partial charge in [0.25, 0.3) is 5.56 Å². The Hall–Kier alpha value is -2.08. The summed E-state index contributed by atoms with van der Waals surface area (Å²) in [6.07, 6.45) is 1.35. The van der Waals surface area contributed by atoms with Gasteiger partial charge in [-0.15, -0.1) is 0 Å². The molecule has 0 bridgehead atoms. The van der Waals surface area contributed by atoms with E-state index in [-0.39, 0.29) is 21.1 Å². The lowest BCUT2D eigenvalue weighted by Crippen LogP contribution is -2.23. The van der Waals surface area contributed by atoms with Crippen LogP contribution in [0.5, 0.6) is 5.75 Å². The van der Waals surface area contributed by atoms with E-state index in [1.54, 1.807) is 30.3 Å². The zero-order valence-corrected chi connectivity index (χ0v) is 12.4. The van der Waals surface area contributed by atoms with Gasteiger partial charge in [-0.25, -0.2) is 8.42 Å². The van der Waals surface area contributed by atoms with Crippen molar-refractivity contribution in [2.75, 3.05) is 7.11 Å². The van der Waals surface area contributed by atoms with Gasteiger partial charge in [0.05, 0.1) is 16.9 Å². The molecule has 1 aliphatic rings. The van der Waals surface area contributed by atoms with E-state index in [0.29, 0.717) is 18.7 Å². The minimum absolute atomic E-state index is 0.0650. The SMILES string of the molecule is COc1cc(S(=O)(=O)c2ccccc2)c2n(c1=O)CCC2. The second kappa shape index (κ2) is 5.04. The zero-order chi connectivity index (χ0) is 15.0. The summed E-state index contributed by atoms with van der Waals surface area (Å²) < 4.78 is 32.2. The van der Waals surface area contributed by atoms with Gasteiger partial charge in [-0.2, -0.15) is 0 Å². The Labute approximate surface area is 122 Å². The van der Waals surface area contributed by atoms with Gasteiger partial charge in [-0.1, -0.05) is 18.2 Å². The number of hydrogen-bond donors (Lipinski definition) is 0. The maximum absolute atomic E-state index is 12.8. The van der Waals surface area contributed by atoms with E-state index in [4.69, 9.17) is 4.74 Å². The molecule has 0 atom stereocenters. The maximum atomic E-state index is 12.8. The summed E-state index contributed by atoms with van der Waals surface area (Å²) in [5.41, 5.74) is 0.307. The fraction of sp³-hybridized carbons (Fsp3) is 0.267. The number of benzene rings is 1. The summed E-state index contributed by atoms with van der Waals surface area (Å²) in [6, 6.07) is 9.58.